The Morgan fingerprint density at radius 1 is 1.54 bits per heavy atom. The third-order valence-electron chi connectivity index (χ3n) is 1.97. The van der Waals surface area contributed by atoms with Crippen LogP contribution < -0.4 is 4.74 Å². The predicted molar refractivity (Wildman–Crippen MR) is 52.9 cm³/mol. The van der Waals surface area contributed by atoms with Gasteiger partial charge in [0.1, 0.15) is 0 Å². The van der Waals surface area contributed by atoms with E-state index in [0.717, 1.165) is 25.1 Å². The fourth-order valence-electron chi connectivity index (χ4n) is 1.28. The van der Waals surface area contributed by atoms with E-state index in [0.29, 0.717) is 6.10 Å². The van der Waals surface area contributed by atoms with Gasteiger partial charge in [0.25, 0.3) is 0 Å². The first-order valence-corrected chi connectivity index (χ1v) is 4.95. The molecule has 1 rings (SSSR count). The van der Waals surface area contributed by atoms with Crippen LogP contribution >= 0.6 is 0 Å². The Morgan fingerprint density at radius 3 is 2.85 bits per heavy atom. The molecule has 0 saturated carbocycles. The fraction of sp³-hybridized carbons (Fsp3) is 0.700. The number of hydrogen-bond donors (Lipinski definition) is 0. The van der Waals surface area contributed by atoms with E-state index in [2.05, 4.69) is 25.9 Å². The second-order valence-electron chi connectivity index (χ2n) is 3.25. The van der Waals surface area contributed by atoms with Gasteiger partial charge in [-0.3, -0.25) is 4.68 Å². The lowest BCUT2D eigenvalue weighted by atomic mass is 10.2. The first-order chi connectivity index (χ1) is 6.26. The van der Waals surface area contributed by atoms with Gasteiger partial charge < -0.3 is 4.74 Å². The first kappa shape index (κ1) is 10.1. The summed E-state index contributed by atoms with van der Waals surface area (Å²) in [6.07, 6.45) is 6.25. The van der Waals surface area contributed by atoms with Crippen molar-refractivity contribution in [1.82, 2.24) is 9.78 Å². The SMILES string of the molecule is CCCC(C)Oc1cnn(CC)c1. The zero-order valence-corrected chi connectivity index (χ0v) is 8.66. The Morgan fingerprint density at radius 2 is 2.31 bits per heavy atom. The molecule has 3 nitrogen and oxygen atoms in total. The van der Waals surface area contributed by atoms with Crippen molar-refractivity contribution in [2.24, 2.45) is 0 Å². The zero-order chi connectivity index (χ0) is 9.68. The summed E-state index contributed by atoms with van der Waals surface area (Å²) in [5, 5.41) is 4.14. The highest BCUT2D eigenvalue weighted by Gasteiger charge is 2.03. The average Bonchev–Trinajstić information content (AvgIpc) is 2.52. The highest BCUT2D eigenvalue weighted by Crippen LogP contribution is 2.12. The molecule has 0 amide bonds. The Hall–Kier alpha value is -0.990. The molecule has 74 valence electrons. The van der Waals surface area contributed by atoms with Crippen LogP contribution in [0.5, 0.6) is 5.75 Å². The molecular formula is C10H18N2O. The maximum absolute atomic E-state index is 5.65. The van der Waals surface area contributed by atoms with Gasteiger partial charge in [0.2, 0.25) is 0 Å². The van der Waals surface area contributed by atoms with Crippen molar-refractivity contribution in [2.75, 3.05) is 0 Å². The Kier molecular flexibility index (Phi) is 3.80. The quantitative estimate of drug-likeness (QED) is 0.699. The van der Waals surface area contributed by atoms with Crippen molar-refractivity contribution in [1.29, 1.82) is 0 Å². The molecule has 0 spiro atoms. The maximum Gasteiger partial charge on any atom is 0.157 e. The van der Waals surface area contributed by atoms with Crippen LogP contribution in [0.3, 0.4) is 0 Å². The van der Waals surface area contributed by atoms with Gasteiger partial charge >= 0.3 is 0 Å². The molecule has 1 heterocycles. The van der Waals surface area contributed by atoms with Crippen molar-refractivity contribution in [3.8, 4) is 5.75 Å². The van der Waals surface area contributed by atoms with Gasteiger partial charge in [-0.1, -0.05) is 13.3 Å². The molecule has 0 aliphatic heterocycles. The van der Waals surface area contributed by atoms with E-state index in [4.69, 9.17) is 4.74 Å². The molecule has 0 saturated heterocycles. The van der Waals surface area contributed by atoms with Crippen molar-refractivity contribution in [3.05, 3.63) is 12.4 Å². The lowest BCUT2D eigenvalue weighted by Crippen LogP contribution is -2.10. The molecule has 1 aromatic heterocycles. The van der Waals surface area contributed by atoms with E-state index in [1.807, 2.05) is 10.9 Å². The van der Waals surface area contributed by atoms with Crippen LogP contribution in [0.1, 0.15) is 33.6 Å². The molecule has 1 atom stereocenters. The second-order valence-corrected chi connectivity index (χ2v) is 3.25. The van der Waals surface area contributed by atoms with Crippen molar-refractivity contribution < 1.29 is 4.74 Å². The third-order valence-corrected chi connectivity index (χ3v) is 1.97. The monoisotopic (exact) mass is 182 g/mol. The minimum atomic E-state index is 0.291. The molecule has 0 bridgehead atoms. The van der Waals surface area contributed by atoms with E-state index >= 15 is 0 Å². The molecule has 3 heteroatoms. The molecule has 0 fully saturated rings. The lowest BCUT2D eigenvalue weighted by molar-refractivity contribution is 0.209. The van der Waals surface area contributed by atoms with Crippen LogP contribution in [0.4, 0.5) is 0 Å². The minimum absolute atomic E-state index is 0.291. The van der Waals surface area contributed by atoms with E-state index < -0.39 is 0 Å². The third kappa shape index (κ3) is 3.09. The summed E-state index contributed by atoms with van der Waals surface area (Å²) < 4.78 is 7.52. The zero-order valence-electron chi connectivity index (χ0n) is 8.66. The normalized spacial score (nSPS) is 12.8. The predicted octanol–water partition coefficient (Wildman–Crippen LogP) is 2.47. The van der Waals surface area contributed by atoms with Crippen LogP contribution in [0.2, 0.25) is 0 Å². The highest BCUT2D eigenvalue weighted by molar-refractivity contribution is 5.11. The smallest absolute Gasteiger partial charge is 0.157 e. The van der Waals surface area contributed by atoms with E-state index in [1.54, 1.807) is 6.20 Å². The van der Waals surface area contributed by atoms with Crippen LogP contribution in [-0.2, 0) is 6.54 Å². The summed E-state index contributed by atoms with van der Waals surface area (Å²) in [5.74, 6) is 0.878. The van der Waals surface area contributed by atoms with E-state index in [9.17, 15) is 0 Å². The van der Waals surface area contributed by atoms with Gasteiger partial charge in [-0.15, -0.1) is 0 Å². The number of aryl methyl sites for hydroxylation is 1. The second kappa shape index (κ2) is 4.90. The van der Waals surface area contributed by atoms with Gasteiger partial charge in [0.15, 0.2) is 5.75 Å². The van der Waals surface area contributed by atoms with Crippen molar-refractivity contribution in [3.63, 3.8) is 0 Å². The number of ether oxygens (including phenoxy) is 1. The summed E-state index contributed by atoms with van der Waals surface area (Å²) in [6.45, 7) is 7.21. The van der Waals surface area contributed by atoms with E-state index in [-0.39, 0.29) is 0 Å². The fourth-order valence-corrected chi connectivity index (χ4v) is 1.28. The molecular weight excluding hydrogens is 164 g/mol. The summed E-state index contributed by atoms with van der Waals surface area (Å²) >= 11 is 0. The van der Waals surface area contributed by atoms with Crippen LogP contribution in [0.15, 0.2) is 12.4 Å². The summed E-state index contributed by atoms with van der Waals surface area (Å²) in [7, 11) is 0. The first-order valence-electron chi connectivity index (χ1n) is 4.95. The Balaban J connectivity index is 2.44. The Bertz CT molecular complexity index is 245. The lowest BCUT2D eigenvalue weighted by Gasteiger charge is -2.10. The number of hydrogen-bond acceptors (Lipinski definition) is 2. The molecule has 13 heavy (non-hydrogen) atoms. The van der Waals surface area contributed by atoms with Crippen LogP contribution in [0, 0.1) is 0 Å². The van der Waals surface area contributed by atoms with E-state index in [1.165, 1.54) is 0 Å². The van der Waals surface area contributed by atoms with Crippen LogP contribution in [-0.4, -0.2) is 15.9 Å². The maximum atomic E-state index is 5.65. The number of aromatic nitrogens is 2. The number of nitrogens with zero attached hydrogens (tertiary/aromatic N) is 2. The van der Waals surface area contributed by atoms with Gasteiger partial charge in [0, 0.05) is 6.54 Å². The molecule has 0 N–H and O–H groups in total. The van der Waals surface area contributed by atoms with Crippen molar-refractivity contribution in [2.45, 2.75) is 46.3 Å². The molecule has 0 aliphatic carbocycles. The van der Waals surface area contributed by atoms with Crippen LogP contribution in [0.25, 0.3) is 0 Å². The molecule has 1 aromatic rings. The summed E-state index contributed by atoms with van der Waals surface area (Å²) in [5.41, 5.74) is 0. The molecule has 0 aromatic carbocycles. The highest BCUT2D eigenvalue weighted by atomic mass is 16.5. The number of rotatable bonds is 5. The topological polar surface area (TPSA) is 27.1 Å². The minimum Gasteiger partial charge on any atom is -0.487 e. The van der Waals surface area contributed by atoms with Gasteiger partial charge in [-0.2, -0.15) is 5.10 Å². The largest absolute Gasteiger partial charge is 0.487 e. The average molecular weight is 182 g/mol. The molecule has 1 unspecified atom stereocenters. The Labute approximate surface area is 79.7 Å². The summed E-state index contributed by atoms with van der Waals surface area (Å²) in [4.78, 5) is 0. The van der Waals surface area contributed by atoms with Crippen molar-refractivity contribution >= 4 is 0 Å². The molecule has 0 radical (unpaired) electrons. The molecule has 0 aliphatic rings. The van der Waals surface area contributed by atoms with Gasteiger partial charge in [0.05, 0.1) is 18.5 Å². The standard InChI is InChI=1S/C10H18N2O/c1-4-6-9(3)13-10-7-11-12(5-2)8-10/h7-9H,4-6H2,1-3H3. The van der Waals surface area contributed by atoms with Gasteiger partial charge in [-0.25, -0.2) is 0 Å². The summed E-state index contributed by atoms with van der Waals surface area (Å²) in [6, 6.07) is 0. The van der Waals surface area contributed by atoms with Gasteiger partial charge in [-0.05, 0) is 20.3 Å².